The summed E-state index contributed by atoms with van der Waals surface area (Å²) in [5.41, 5.74) is 3.09. The second-order valence-corrected chi connectivity index (χ2v) is 9.75. The summed E-state index contributed by atoms with van der Waals surface area (Å²) >= 11 is 0. The molecule has 2 aromatic carbocycles. The van der Waals surface area contributed by atoms with E-state index in [1.807, 2.05) is 12.1 Å². The smallest absolute Gasteiger partial charge is 0.243 e. The van der Waals surface area contributed by atoms with Gasteiger partial charge >= 0.3 is 0 Å². The highest BCUT2D eigenvalue weighted by Crippen LogP contribution is 2.28. The summed E-state index contributed by atoms with van der Waals surface area (Å²) in [5.74, 6) is -0.666. The fraction of sp³-hybridized carbons (Fsp3) is 0.409. The van der Waals surface area contributed by atoms with Crippen molar-refractivity contribution in [3.63, 3.8) is 0 Å². The van der Waals surface area contributed by atoms with E-state index in [-0.39, 0.29) is 24.2 Å². The van der Waals surface area contributed by atoms with Gasteiger partial charge in [-0.2, -0.15) is 4.31 Å². The Kier molecular flexibility index (Phi) is 5.69. The lowest BCUT2D eigenvalue weighted by Gasteiger charge is -2.30. The Labute approximate surface area is 171 Å². The zero-order chi connectivity index (χ0) is 20.4. The lowest BCUT2D eigenvalue weighted by molar-refractivity contribution is -0.126. The van der Waals surface area contributed by atoms with E-state index in [9.17, 15) is 17.6 Å². The molecule has 2 aliphatic rings. The van der Waals surface area contributed by atoms with Crippen LogP contribution in [0.3, 0.4) is 0 Å². The Morgan fingerprint density at radius 2 is 1.83 bits per heavy atom. The van der Waals surface area contributed by atoms with Crippen LogP contribution in [0.1, 0.15) is 36.0 Å². The number of carbonyl (C=O) groups excluding carboxylic acids is 1. The minimum absolute atomic E-state index is 0.108. The zero-order valence-corrected chi connectivity index (χ0v) is 17.1. The molecule has 5 nitrogen and oxygen atoms in total. The van der Waals surface area contributed by atoms with Gasteiger partial charge in [0, 0.05) is 25.6 Å². The molecule has 1 aliphatic carbocycles. The molecule has 0 bridgehead atoms. The van der Waals surface area contributed by atoms with Crippen molar-refractivity contribution < 1.29 is 17.6 Å². The predicted molar refractivity (Wildman–Crippen MR) is 108 cm³/mol. The van der Waals surface area contributed by atoms with Gasteiger partial charge in [-0.25, -0.2) is 12.8 Å². The molecule has 1 N–H and O–H groups in total. The molecule has 0 spiro atoms. The van der Waals surface area contributed by atoms with Crippen LogP contribution in [0.25, 0.3) is 0 Å². The minimum Gasteiger partial charge on any atom is -0.352 e. The number of piperidine rings is 1. The molecule has 7 heteroatoms. The fourth-order valence-electron chi connectivity index (χ4n) is 4.20. The lowest BCUT2D eigenvalue weighted by atomic mass is 9.97. The molecule has 0 radical (unpaired) electrons. The molecule has 0 unspecified atom stereocenters. The van der Waals surface area contributed by atoms with Crippen LogP contribution in [-0.2, 0) is 34.2 Å². The van der Waals surface area contributed by atoms with Gasteiger partial charge in [0.25, 0.3) is 0 Å². The number of fused-ring (bicyclic) bond motifs is 1. The number of rotatable bonds is 5. The van der Waals surface area contributed by atoms with E-state index in [1.54, 1.807) is 18.2 Å². The number of nitrogens with zero attached hydrogens (tertiary/aromatic N) is 1. The number of hydrogen-bond donors (Lipinski definition) is 1. The van der Waals surface area contributed by atoms with Gasteiger partial charge < -0.3 is 5.32 Å². The second-order valence-electron chi connectivity index (χ2n) is 7.81. The summed E-state index contributed by atoms with van der Waals surface area (Å²) < 4.78 is 40.7. The van der Waals surface area contributed by atoms with E-state index in [0.717, 1.165) is 24.8 Å². The highest BCUT2D eigenvalue weighted by molar-refractivity contribution is 7.89. The molecule has 4 rings (SSSR count). The third-order valence-corrected chi connectivity index (χ3v) is 7.78. The van der Waals surface area contributed by atoms with Crippen molar-refractivity contribution in [1.29, 1.82) is 0 Å². The van der Waals surface area contributed by atoms with Crippen LogP contribution in [0.2, 0.25) is 0 Å². The first-order chi connectivity index (χ1) is 13.9. The molecular formula is C22H25FN2O3S. The Morgan fingerprint density at radius 1 is 1.07 bits per heavy atom. The second kappa shape index (κ2) is 8.24. The van der Waals surface area contributed by atoms with Gasteiger partial charge in [-0.15, -0.1) is 0 Å². The largest absolute Gasteiger partial charge is 0.352 e. The van der Waals surface area contributed by atoms with Crippen LogP contribution in [0.15, 0.2) is 47.4 Å². The summed E-state index contributed by atoms with van der Waals surface area (Å²) in [4.78, 5) is 12.8. The van der Waals surface area contributed by atoms with Gasteiger partial charge in [-0.1, -0.05) is 18.2 Å². The van der Waals surface area contributed by atoms with Gasteiger partial charge in [-0.3, -0.25) is 4.79 Å². The SMILES string of the molecule is O=C(NCc1cccc(F)c1)C1CCN(S(=O)(=O)c2ccc3c(c2)CCC3)CC1. The van der Waals surface area contributed by atoms with Gasteiger partial charge in [0.15, 0.2) is 0 Å². The quantitative estimate of drug-likeness (QED) is 0.815. The minimum atomic E-state index is -3.53. The van der Waals surface area contributed by atoms with Crippen molar-refractivity contribution >= 4 is 15.9 Å². The van der Waals surface area contributed by atoms with Gasteiger partial charge in [0.05, 0.1) is 4.90 Å². The first kappa shape index (κ1) is 20.0. The van der Waals surface area contributed by atoms with Crippen LogP contribution < -0.4 is 5.32 Å². The summed E-state index contributed by atoms with van der Waals surface area (Å²) in [5, 5.41) is 2.84. The number of nitrogens with one attached hydrogen (secondary N) is 1. The van der Waals surface area contributed by atoms with E-state index in [1.165, 1.54) is 22.0 Å². The van der Waals surface area contributed by atoms with Crippen LogP contribution >= 0.6 is 0 Å². The number of sulfonamides is 1. The van der Waals surface area contributed by atoms with E-state index < -0.39 is 10.0 Å². The summed E-state index contributed by atoms with van der Waals surface area (Å²) in [6, 6.07) is 11.6. The van der Waals surface area contributed by atoms with Crippen molar-refractivity contribution in [3.8, 4) is 0 Å². The normalized spacial score (nSPS) is 17.8. The predicted octanol–water partition coefficient (Wildman–Crippen LogP) is 3.03. The Hall–Kier alpha value is -2.25. The Bertz CT molecular complexity index is 1010. The van der Waals surface area contributed by atoms with Crippen molar-refractivity contribution in [2.45, 2.75) is 43.5 Å². The summed E-state index contributed by atoms with van der Waals surface area (Å²) in [6.07, 6.45) is 4.01. The first-order valence-corrected chi connectivity index (χ1v) is 11.5. The lowest BCUT2D eigenvalue weighted by Crippen LogP contribution is -2.42. The molecule has 0 atom stereocenters. The number of aryl methyl sites for hydroxylation is 2. The van der Waals surface area contributed by atoms with E-state index >= 15 is 0 Å². The van der Waals surface area contributed by atoms with Gasteiger partial charge in [-0.05, 0) is 73.1 Å². The molecule has 1 aliphatic heterocycles. The number of halogens is 1. The van der Waals surface area contributed by atoms with Crippen LogP contribution in [-0.4, -0.2) is 31.7 Å². The third kappa shape index (κ3) is 4.36. The molecule has 0 saturated carbocycles. The maximum atomic E-state index is 13.2. The molecule has 2 aromatic rings. The van der Waals surface area contributed by atoms with Gasteiger partial charge in [0.1, 0.15) is 5.82 Å². The molecular weight excluding hydrogens is 391 g/mol. The Morgan fingerprint density at radius 3 is 2.59 bits per heavy atom. The molecule has 1 amide bonds. The standard InChI is InChI=1S/C22H25FN2O3S/c23-20-6-1-3-16(13-20)15-24-22(26)18-9-11-25(12-10-18)29(27,28)21-8-7-17-4-2-5-19(17)14-21/h1,3,6-8,13-14,18H,2,4-5,9-12,15H2,(H,24,26). The topological polar surface area (TPSA) is 66.5 Å². The summed E-state index contributed by atoms with van der Waals surface area (Å²) in [7, 11) is -3.53. The average Bonchev–Trinajstić information content (AvgIpc) is 3.20. The zero-order valence-electron chi connectivity index (χ0n) is 16.2. The van der Waals surface area contributed by atoms with Crippen molar-refractivity contribution in [2.24, 2.45) is 5.92 Å². The molecule has 0 aromatic heterocycles. The molecule has 1 heterocycles. The van der Waals surface area contributed by atoms with E-state index in [0.29, 0.717) is 36.4 Å². The van der Waals surface area contributed by atoms with Gasteiger partial charge in [0.2, 0.25) is 15.9 Å². The number of amides is 1. The average molecular weight is 417 g/mol. The van der Waals surface area contributed by atoms with E-state index in [4.69, 9.17) is 0 Å². The Balaban J connectivity index is 1.34. The highest BCUT2D eigenvalue weighted by Gasteiger charge is 2.32. The van der Waals surface area contributed by atoms with Crippen LogP contribution in [0, 0.1) is 11.7 Å². The van der Waals surface area contributed by atoms with Crippen molar-refractivity contribution in [3.05, 3.63) is 65.0 Å². The summed E-state index contributed by atoms with van der Waals surface area (Å²) in [6.45, 7) is 0.930. The van der Waals surface area contributed by atoms with Crippen molar-refractivity contribution in [1.82, 2.24) is 9.62 Å². The third-order valence-electron chi connectivity index (χ3n) is 5.89. The van der Waals surface area contributed by atoms with E-state index in [2.05, 4.69) is 5.32 Å². The maximum absolute atomic E-state index is 13.2. The molecule has 1 saturated heterocycles. The highest BCUT2D eigenvalue weighted by atomic mass is 32.2. The maximum Gasteiger partial charge on any atom is 0.243 e. The van der Waals surface area contributed by atoms with Crippen molar-refractivity contribution in [2.75, 3.05) is 13.1 Å². The first-order valence-electron chi connectivity index (χ1n) is 10.1. The molecule has 29 heavy (non-hydrogen) atoms. The van der Waals surface area contributed by atoms with Crippen LogP contribution in [0.5, 0.6) is 0 Å². The van der Waals surface area contributed by atoms with Crippen LogP contribution in [0.4, 0.5) is 4.39 Å². The molecule has 154 valence electrons. The monoisotopic (exact) mass is 416 g/mol. The number of carbonyl (C=O) groups is 1. The molecule has 1 fully saturated rings. The fourth-order valence-corrected chi connectivity index (χ4v) is 5.72. The number of hydrogen-bond acceptors (Lipinski definition) is 3. The number of benzene rings is 2.